The van der Waals surface area contributed by atoms with Gasteiger partial charge in [0.05, 0.1) is 6.04 Å². The third kappa shape index (κ3) is 2.83. The van der Waals surface area contributed by atoms with Gasteiger partial charge in [-0.1, -0.05) is 18.2 Å². The van der Waals surface area contributed by atoms with Gasteiger partial charge in [0.2, 0.25) is 0 Å². The molecule has 0 saturated carbocycles. The van der Waals surface area contributed by atoms with E-state index in [4.69, 9.17) is 5.73 Å². The molecule has 0 spiro atoms. The zero-order valence-corrected chi connectivity index (χ0v) is 11.9. The van der Waals surface area contributed by atoms with Crippen molar-refractivity contribution < 1.29 is 13.2 Å². The third-order valence-corrected chi connectivity index (χ3v) is 4.42. The Morgan fingerprint density at radius 1 is 1.28 bits per heavy atom. The molecule has 1 atom stereocenters. The maximum absolute atomic E-state index is 12.5. The molecule has 18 heavy (non-hydrogen) atoms. The molecule has 1 unspecified atom stereocenters. The Morgan fingerprint density at radius 2 is 1.94 bits per heavy atom. The summed E-state index contributed by atoms with van der Waals surface area (Å²) in [6, 6.07) is 6.75. The molecule has 2 aromatic rings. The van der Waals surface area contributed by atoms with E-state index in [0.29, 0.717) is 16.2 Å². The largest absolute Gasteiger partial charge is 0.443 e. The number of benzene rings is 1. The number of alkyl halides is 3. The number of nitrogens with two attached hydrogens (primary N) is 1. The van der Waals surface area contributed by atoms with Crippen LogP contribution in [0.2, 0.25) is 0 Å². The first kappa shape index (κ1) is 13.8. The highest BCUT2D eigenvalue weighted by molar-refractivity contribution is 14.1. The Hall–Kier alpha value is -0.670. The van der Waals surface area contributed by atoms with Gasteiger partial charge in [-0.25, -0.2) is 4.98 Å². The fourth-order valence-electron chi connectivity index (χ4n) is 1.44. The van der Waals surface area contributed by atoms with Crippen LogP contribution in [0.3, 0.4) is 0 Å². The number of aromatic nitrogens is 1. The molecule has 0 saturated heterocycles. The van der Waals surface area contributed by atoms with Crippen LogP contribution < -0.4 is 5.73 Å². The molecular formula is C11H8F3IN2S. The third-order valence-electron chi connectivity index (χ3n) is 2.31. The SMILES string of the molecule is NC(c1cnc(C(F)(F)F)s1)c1ccccc1I. The lowest BCUT2D eigenvalue weighted by atomic mass is 10.1. The molecule has 96 valence electrons. The maximum Gasteiger partial charge on any atom is 0.443 e. The summed E-state index contributed by atoms with van der Waals surface area (Å²) in [7, 11) is 0. The van der Waals surface area contributed by atoms with Gasteiger partial charge in [0.25, 0.3) is 0 Å². The molecule has 2 nitrogen and oxygen atoms in total. The molecule has 1 aromatic carbocycles. The minimum atomic E-state index is -4.41. The Morgan fingerprint density at radius 3 is 2.50 bits per heavy atom. The zero-order chi connectivity index (χ0) is 13.3. The molecular weight excluding hydrogens is 376 g/mol. The van der Waals surface area contributed by atoms with Gasteiger partial charge >= 0.3 is 6.18 Å². The van der Waals surface area contributed by atoms with Gasteiger partial charge < -0.3 is 5.73 Å². The fraction of sp³-hybridized carbons (Fsp3) is 0.182. The van der Waals surface area contributed by atoms with Crippen molar-refractivity contribution in [1.82, 2.24) is 4.98 Å². The molecule has 0 amide bonds. The lowest BCUT2D eigenvalue weighted by Crippen LogP contribution is -2.11. The molecule has 0 radical (unpaired) electrons. The maximum atomic E-state index is 12.5. The second kappa shape index (κ2) is 5.14. The molecule has 1 aromatic heterocycles. The van der Waals surface area contributed by atoms with Gasteiger partial charge in [-0.15, -0.1) is 11.3 Å². The predicted octanol–water partition coefficient (Wildman–Crippen LogP) is 3.81. The monoisotopic (exact) mass is 384 g/mol. The number of hydrogen-bond acceptors (Lipinski definition) is 3. The van der Waals surface area contributed by atoms with Crippen molar-refractivity contribution in [1.29, 1.82) is 0 Å². The van der Waals surface area contributed by atoms with Crippen LogP contribution >= 0.6 is 33.9 Å². The van der Waals surface area contributed by atoms with Gasteiger partial charge in [0.1, 0.15) is 0 Å². The highest BCUT2D eigenvalue weighted by atomic mass is 127. The standard InChI is InChI=1S/C11H8F3IN2S/c12-11(13,14)10-17-5-8(18-10)9(16)6-3-1-2-4-7(6)15/h1-5,9H,16H2. The number of halogens is 4. The van der Waals surface area contributed by atoms with Gasteiger partial charge in [-0.2, -0.15) is 13.2 Å². The van der Waals surface area contributed by atoms with Crippen molar-refractivity contribution in [3.63, 3.8) is 0 Å². The molecule has 1 heterocycles. The molecule has 0 aliphatic heterocycles. The van der Waals surface area contributed by atoms with Crippen LogP contribution in [0.1, 0.15) is 21.5 Å². The summed E-state index contributed by atoms with van der Waals surface area (Å²) in [5, 5.41) is -0.862. The highest BCUT2D eigenvalue weighted by Gasteiger charge is 2.35. The summed E-state index contributed by atoms with van der Waals surface area (Å²) >= 11 is 2.69. The Bertz CT molecular complexity index is 553. The summed E-state index contributed by atoms with van der Waals surface area (Å²) in [5.74, 6) is 0. The fourth-order valence-corrected chi connectivity index (χ4v) is 2.97. The van der Waals surface area contributed by atoms with E-state index >= 15 is 0 Å². The summed E-state index contributed by atoms with van der Waals surface area (Å²) in [6.45, 7) is 0. The first-order chi connectivity index (χ1) is 8.39. The van der Waals surface area contributed by atoms with Gasteiger partial charge in [-0.05, 0) is 34.2 Å². The van der Waals surface area contributed by atoms with Crippen LogP contribution in [0.4, 0.5) is 13.2 Å². The van der Waals surface area contributed by atoms with Crippen molar-refractivity contribution in [2.45, 2.75) is 12.2 Å². The Balaban J connectivity index is 2.33. The number of nitrogens with zero attached hydrogens (tertiary/aromatic N) is 1. The van der Waals surface area contributed by atoms with Crippen LogP contribution in [-0.2, 0) is 6.18 Å². The lowest BCUT2D eigenvalue weighted by molar-refractivity contribution is -0.137. The first-order valence-corrected chi connectivity index (χ1v) is 6.82. The van der Waals surface area contributed by atoms with E-state index in [1.165, 1.54) is 6.20 Å². The quantitative estimate of drug-likeness (QED) is 0.800. The van der Waals surface area contributed by atoms with E-state index in [1.807, 2.05) is 18.2 Å². The van der Waals surface area contributed by atoms with Crippen molar-refractivity contribution in [3.8, 4) is 0 Å². The van der Waals surface area contributed by atoms with Crippen molar-refractivity contribution >= 4 is 33.9 Å². The Kier molecular flexibility index (Phi) is 3.93. The molecule has 2 rings (SSSR count). The van der Waals surface area contributed by atoms with Crippen molar-refractivity contribution in [2.75, 3.05) is 0 Å². The Labute approximate surface area is 119 Å². The van der Waals surface area contributed by atoms with E-state index < -0.39 is 17.2 Å². The number of hydrogen-bond donors (Lipinski definition) is 1. The van der Waals surface area contributed by atoms with Gasteiger partial charge in [0.15, 0.2) is 5.01 Å². The zero-order valence-electron chi connectivity index (χ0n) is 8.91. The number of thiazole rings is 1. The molecule has 0 aliphatic carbocycles. The molecule has 7 heteroatoms. The summed E-state index contributed by atoms with van der Waals surface area (Å²) in [6.07, 6.45) is -3.21. The average Bonchev–Trinajstić information content (AvgIpc) is 2.77. The van der Waals surface area contributed by atoms with Crippen molar-refractivity contribution in [3.05, 3.63) is 49.5 Å². The normalized spacial score (nSPS) is 13.6. The molecule has 0 bridgehead atoms. The lowest BCUT2D eigenvalue weighted by Gasteiger charge is -2.11. The molecule has 2 N–H and O–H groups in total. The predicted molar refractivity (Wildman–Crippen MR) is 72.3 cm³/mol. The van der Waals surface area contributed by atoms with Crippen LogP contribution in [0.15, 0.2) is 30.5 Å². The van der Waals surface area contributed by atoms with Crippen molar-refractivity contribution in [2.24, 2.45) is 5.73 Å². The van der Waals surface area contributed by atoms with Crippen LogP contribution in [0.25, 0.3) is 0 Å². The van der Waals surface area contributed by atoms with Crippen LogP contribution in [-0.4, -0.2) is 4.98 Å². The minimum absolute atomic E-state index is 0.409. The summed E-state index contributed by atoms with van der Waals surface area (Å²) in [4.78, 5) is 3.78. The second-order valence-corrected chi connectivity index (χ2v) is 5.79. The highest BCUT2D eigenvalue weighted by Crippen LogP contribution is 2.35. The second-order valence-electron chi connectivity index (χ2n) is 3.56. The molecule has 0 aliphatic rings. The number of rotatable bonds is 2. The smallest absolute Gasteiger partial charge is 0.320 e. The summed E-state index contributed by atoms with van der Waals surface area (Å²) < 4.78 is 38.3. The van der Waals surface area contributed by atoms with E-state index in [1.54, 1.807) is 6.07 Å². The first-order valence-electron chi connectivity index (χ1n) is 4.92. The van der Waals surface area contributed by atoms with Crippen LogP contribution in [0.5, 0.6) is 0 Å². The van der Waals surface area contributed by atoms with E-state index in [9.17, 15) is 13.2 Å². The molecule has 0 fully saturated rings. The van der Waals surface area contributed by atoms with Crippen LogP contribution in [0, 0.1) is 3.57 Å². The summed E-state index contributed by atoms with van der Waals surface area (Å²) in [5.41, 5.74) is 6.77. The van der Waals surface area contributed by atoms with E-state index in [-0.39, 0.29) is 0 Å². The minimum Gasteiger partial charge on any atom is -0.320 e. The average molecular weight is 384 g/mol. The van der Waals surface area contributed by atoms with E-state index in [0.717, 1.165) is 9.13 Å². The van der Waals surface area contributed by atoms with Gasteiger partial charge in [0, 0.05) is 14.6 Å². The topological polar surface area (TPSA) is 38.9 Å². The van der Waals surface area contributed by atoms with Gasteiger partial charge in [-0.3, -0.25) is 0 Å². The van der Waals surface area contributed by atoms with E-state index in [2.05, 4.69) is 27.6 Å².